The second kappa shape index (κ2) is 6.15. The minimum atomic E-state index is 0.0570. The number of nitrogens with zero attached hydrogens (tertiary/aromatic N) is 1. The third-order valence-electron chi connectivity index (χ3n) is 6.21. The van der Waals surface area contributed by atoms with Crippen LogP contribution in [0.1, 0.15) is 44.9 Å². The molecule has 21 heavy (non-hydrogen) atoms. The Morgan fingerprint density at radius 3 is 2.90 bits per heavy atom. The number of likely N-dealkylation sites (tertiary alicyclic amines) is 1. The highest BCUT2D eigenvalue weighted by Crippen LogP contribution is 2.36. The van der Waals surface area contributed by atoms with Crippen LogP contribution in [0.2, 0.25) is 0 Å². The second-order valence-corrected chi connectivity index (χ2v) is 7.58. The van der Waals surface area contributed by atoms with Crippen molar-refractivity contribution in [2.75, 3.05) is 39.5 Å². The molecule has 0 aromatic carbocycles. The van der Waals surface area contributed by atoms with Gasteiger partial charge in [-0.3, -0.25) is 4.90 Å². The van der Waals surface area contributed by atoms with Crippen molar-refractivity contribution in [3.8, 4) is 0 Å². The lowest BCUT2D eigenvalue weighted by Gasteiger charge is -2.45. The van der Waals surface area contributed by atoms with E-state index in [9.17, 15) is 0 Å². The van der Waals surface area contributed by atoms with E-state index in [4.69, 9.17) is 9.47 Å². The van der Waals surface area contributed by atoms with E-state index in [1.165, 1.54) is 58.2 Å². The van der Waals surface area contributed by atoms with Crippen LogP contribution in [0.3, 0.4) is 0 Å². The first-order valence-corrected chi connectivity index (χ1v) is 9.04. The lowest BCUT2D eigenvalue weighted by Crippen LogP contribution is -2.53. The monoisotopic (exact) mass is 294 g/mol. The molecule has 4 nitrogen and oxygen atoms in total. The van der Waals surface area contributed by atoms with Crippen LogP contribution in [0, 0.1) is 5.92 Å². The van der Waals surface area contributed by atoms with Gasteiger partial charge in [-0.1, -0.05) is 0 Å². The Bertz CT molecular complexity index is 351. The number of piperidine rings is 1. The van der Waals surface area contributed by atoms with Gasteiger partial charge in [-0.15, -0.1) is 0 Å². The molecule has 120 valence electrons. The largest absolute Gasteiger partial charge is 0.378 e. The highest BCUT2D eigenvalue weighted by Gasteiger charge is 2.43. The fourth-order valence-corrected chi connectivity index (χ4v) is 4.99. The predicted octanol–water partition coefficient (Wildman–Crippen LogP) is 1.79. The van der Waals surface area contributed by atoms with E-state index in [0.717, 1.165) is 44.2 Å². The summed E-state index contributed by atoms with van der Waals surface area (Å²) in [6.07, 6.45) is 9.08. The molecule has 4 heterocycles. The first-order chi connectivity index (χ1) is 10.3. The molecule has 1 spiro atoms. The van der Waals surface area contributed by atoms with Crippen molar-refractivity contribution in [3.63, 3.8) is 0 Å². The Hall–Kier alpha value is -0.160. The van der Waals surface area contributed by atoms with Gasteiger partial charge < -0.3 is 14.8 Å². The Kier molecular flexibility index (Phi) is 4.23. The number of nitrogens with one attached hydrogen (secondary N) is 1. The van der Waals surface area contributed by atoms with Crippen LogP contribution in [0.15, 0.2) is 0 Å². The van der Waals surface area contributed by atoms with Crippen molar-refractivity contribution in [3.05, 3.63) is 0 Å². The van der Waals surface area contributed by atoms with E-state index in [0.29, 0.717) is 0 Å². The van der Waals surface area contributed by atoms with Gasteiger partial charge in [0, 0.05) is 38.3 Å². The average molecular weight is 294 g/mol. The summed E-state index contributed by atoms with van der Waals surface area (Å²) in [7, 11) is 0. The molecule has 0 radical (unpaired) electrons. The maximum atomic E-state index is 6.11. The van der Waals surface area contributed by atoms with E-state index in [1.54, 1.807) is 0 Å². The molecule has 0 bridgehead atoms. The van der Waals surface area contributed by atoms with Crippen molar-refractivity contribution in [2.45, 2.75) is 62.6 Å². The lowest BCUT2D eigenvalue weighted by molar-refractivity contribution is -0.110. The summed E-state index contributed by atoms with van der Waals surface area (Å²) in [6, 6.07) is 1.51. The second-order valence-electron chi connectivity index (χ2n) is 7.58. The minimum Gasteiger partial charge on any atom is -0.378 e. The molecule has 1 N–H and O–H groups in total. The standard InChI is InChI=1S/C17H30N2O2/c1-4-16(18-7-1)14-3-2-8-19(12-14)15-5-9-21-17(11-15)6-10-20-13-17/h14-16,18H,1-13H2. The highest BCUT2D eigenvalue weighted by molar-refractivity contribution is 4.95. The molecule has 4 aliphatic rings. The fraction of sp³-hybridized carbons (Fsp3) is 1.00. The van der Waals surface area contributed by atoms with Gasteiger partial charge in [-0.05, 0) is 57.5 Å². The molecule has 4 heteroatoms. The van der Waals surface area contributed by atoms with E-state index in [1.807, 2.05) is 0 Å². The summed E-state index contributed by atoms with van der Waals surface area (Å²) < 4.78 is 11.7. The van der Waals surface area contributed by atoms with Crippen LogP contribution in [-0.4, -0.2) is 62.0 Å². The number of hydrogen-bond acceptors (Lipinski definition) is 4. The van der Waals surface area contributed by atoms with Crippen LogP contribution in [0.25, 0.3) is 0 Å². The van der Waals surface area contributed by atoms with Gasteiger partial charge in [0.2, 0.25) is 0 Å². The van der Waals surface area contributed by atoms with Gasteiger partial charge in [0.25, 0.3) is 0 Å². The summed E-state index contributed by atoms with van der Waals surface area (Å²) >= 11 is 0. The molecule has 4 saturated heterocycles. The van der Waals surface area contributed by atoms with Crippen molar-refractivity contribution in [2.24, 2.45) is 5.92 Å². The molecule has 0 saturated carbocycles. The van der Waals surface area contributed by atoms with Crippen LogP contribution in [-0.2, 0) is 9.47 Å². The van der Waals surface area contributed by atoms with Gasteiger partial charge in [0.15, 0.2) is 0 Å². The third kappa shape index (κ3) is 3.00. The Morgan fingerprint density at radius 2 is 2.10 bits per heavy atom. The van der Waals surface area contributed by atoms with Crippen LogP contribution < -0.4 is 5.32 Å². The zero-order valence-electron chi connectivity index (χ0n) is 13.2. The van der Waals surface area contributed by atoms with Crippen molar-refractivity contribution < 1.29 is 9.47 Å². The third-order valence-corrected chi connectivity index (χ3v) is 6.21. The van der Waals surface area contributed by atoms with Crippen LogP contribution >= 0.6 is 0 Å². The smallest absolute Gasteiger partial charge is 0.0951 e. The summed E-state index contributed by atoms with van der Waals surface area (Å²) in [6.45, 7) is 6.48. The fourth-order valence-electron chi connectivity index (χ4n) is 4.99. The molecule has 4 rings (SSSR count). The first kappa shape index (κ1) is 14.4. The van der Waals surface area contributed by atoms with Gasteiger partial charge in [0.1, 0.15) is 0 Å². The summed E-state index contributed by atoms with van der Waals surface area (Å²) in [5.74, 6) is 0.875. The van der Waals surface area contributed by atoms with Crippen molar-refractivity contribution in [1.29, 1.82) is 0 Å². The van der Waals surface area contributed by atoms with Crippen molar-refractivity contribution in [1.82, 2.24) is 10.2 Å². The van der Waals surface area contributed by atoms with E-state index < -0.39 is 0 Å². The average Bonchev–Trinajstić information content (AvgIpc) is 3.20. The van der Waals surface area contributed by atoms with E-state index >= 15 is 0 Å². The lowest BCUT2D eigenvalue weighted by atomic mass is 9.85. The SMILES string of the molecule is C1CNC(C2CCCN(C3CCOC4(CCOC4)C3)C2)C1. The molecule has 0 aromatic rings. The minimum absolute atomic E-state index is 0.0570. The molecular formula is C17H30N2O2. The summed E-state index contributed by atoms with van der Waals surface area (Å²) in [5.41, 5.74) is 0.0570. The number of ether oxygens (including phenoxy) is 2. The topological polar surface area (TPSA) is 33.7 Å². The predicted molar refractivity (Wildman–Crippen MR) is 82.5 cm³/mol. The van der Waals surface area contributed by atoms with Crippen molar-refractivity contribution >= 4 is 0 Å². The zero-order chi connectivity index (χ0) is 14.1. The van der Waals surface area contributed by atoms with E-state index in [2.05, 4.69) is 10.2 Å². The maximum Gasteiger partial charge on any atom is 0.0951 e. The Labute approximate surface area is 128 Å². The van der Waals surface area contributed by atoms with Gasteiger partial charge >= 0.3 is 0 Å². The molecule has 4 aliphatic heterocycles. The number of hydrogen-bond donors (Lipinski definition) is 1. The molecule has 0 amide bonds. The quantitative estimate of drug-likeness (QED) is 0.842. The Balaban J connectivity index is 1.38. The van der Waals surface area contributed by atoms with Crippen LogP contribution in [0.4, 0.5) is 0 Å². The normalized spacial score (nSPS) is 45.4. The molecule has 4 fully saturated rings. The summed E-state index contributed by atoms with van der Waals surface area (Å²) in [4.78, 5) is 2.79. The van der Waals surface area contributed by atoms with Gasteiger partial charge in [-0.25, -0.2) is 0 Å². The first-order valence-electron chi connectivity index (χ1n) is 9.04. The van der Waals surface area contributed by atoms with Crippen LogP contribution in [0.5, 0.6) is 0 Å². The molecular weight excluding hydrogens is 264 g/mol. The molecule has 0 aromatic heterocycles. The van der Waals surface area contributed by atoms with E-state index in [-0.39, 0.29) is 5.60 Å². The molecule has 4 atom stereocenters. The number of rotatable bonds is 2. The summed E-state index contributed by atoms with van der Waals surface area (Å²) in [5, 5.41) is 3.73. The molecule has 4 unspecified atom stereocenters. The zero-order valence-corrected chi connectivity index (χ0v) is 13.2. The maximum absolute atomic E-state index is 6.11. The highest BCUT2D eigenvalue weighted by atomic mass is 16.6. The molecule has 0 aliphatic carbocycles. The van der Waals surface area contributed by atoms with Gasteiger partial charge in [0.05, 0.1) is 12.2 Å². The van der Waals surface area contributed by atoms with Gasteiger partial charge in [-0.2, -0.15) is 0 Å². The Morgan fingerprint density at radius 1 is 1.10 bits per heavy atom.